The lowest BCUT2D eigenvalue weighted by Crippen LogP contribution is -2.47. The number of aliphatic hydroxyl groups is 1. The van der Waals surface area contributed by atoms with Crippen molar-refractivity contribution < 1.29 is 36.2 Å². The molecule has 1 unspecified atom stereocenters. The molecule has 1 N–H and O–H groups in total. The van der Waals surface area contributed by atoms with E-state index in [1.165, 1.54) is 16.9 Å². The second kappa shape index (κ2) is 7.86. The summed E-state index contributed by atoms with van der Waals surface area (Å²) in [4.78, 5) is 0. The topological polar surface area (TPSA) is 47.3 Å². The number of ether oxygens (including phenoxy) is 1. The molecule has 0 amide bonds. The molecule has 1 heterocycles. The monoisotopic (exact) mass is 452 g/mol. The van der Waals surface area contributed by atoms with Gasteiger partial charge in [-0.05, 0) is 42.0 Å². The predicted octanol–water partition coefficient (Wildman–Crippen LogP) is 5.27. The maximum atomic E-state index is 13.8. The van der Waals surface area contributed by atoms with Crippen molar-refractivity contribution in [2.75, 3.05) is 6.61 Å². The zero-order valence-corrected chi connectivity index (χ0v) is 16.1. The Labute approximate surface area is 177 Å². The number of nitrogens with zero attached hydrogens (tertiary/aromatic N) is 2. The van der Waals surface area contributed by atoms with Crippen molar-refractivity contribution in [3.63, 3.8) is 0 Å². The molecule has 0 aliphatic rings. The third-order valence-corrected chi connectivity index (χ3v) is 4.95. The number of rotatable bonds is 5. The van der Waals surface area contributed by atoms with Crippen LogP contribution < -0.4 is 4.74 Å². The van der Waals surface area contributed by atoms with E-state index in [0.717, 1.165) is 12.1 Å². The highest BCUT2D eigenvalue weighted by Gasteiger charge is 2.56. The van der Waals surface area contributed by atoms with Gasteiger partial charge in [0.05, 0.1) is 17.4 Å². The van der Waals surface area contributed by atoms with Crippen LogP contribution in [0.2, 0.25) is 0 Å². The molecule has 0 aliphatic carbocycles. The van der Waals surface area contributed by atoms with E-state index >= 15 is 0 Å². The third kappa shape index (κ3) is 3.66. The van der Waals surface area contributed by atoms with E-state index < -0.39 is 47.1 Å². The fourth-order valence-corrected chi connectivity index (χ4v) is 3.20. The van der Waals surface area contributed by atoms with Crippen LogP contribution in [0.1, 0.15) is 5.56 Å². The second-order valence-electron chi connectivity index (χ2n) is 6.99. The predicted molar refractivity (Wildman–Crippen MR) is 103 cm³/mol. The normalized spacial score (nSPS) is 13.8. The zero-order chi connectivity index (χ0) is 23.1. The Balaban J connectivity index is 1.71. The van der Waals surface area contributed by atoms with E-state index in [1.54, 1.807) is 30.3 Å². The van der Waals surface area contributed by atoms with Crippen LogP contribution in [0.5, 0.6) is 5.75 Å². The summed E-state index contributed by atoms with van der Waals surface area (Å²) in [5, 5.41) is 15.0. The van der Waals surface area contributed by atoms with Crippen molar-refractivity contribution in [3.8, 4) is 11.4 Å². The first kappa shape index (κ1) is 21.7. The highest BCUT2D eigenvalue weighted by atomic mass is 19.4. The highest BCUT2D eigenvalue weighted by Crippen LogP contribution is 2.41. The van der Waals surface area contributed by atoms with Gasteiger partial charge in [0.25, 0.3) is 0 Å². The maximum Gasteiger partial charge on any atom is 0.424 e. The largest absolute Gasteiger partial charge is 0.487 e. The average molecular weight is 452 g/mol. The third-order valence-electron chi connectivity index (χ3n) is 4.95. The Bertz CT molecular complexity index is 1270. The molecular formula is C22H14F6N2O2. The van der Waals surface area contributed by atoms with Gasteiger partial charge < -0.3 is 9.84 Å². The van der Waals surface area contributed by atoms with Gasteiger partial charge in [-0.1, -0.05) is 24.3 Å². The lowest BCUT2D eigenvalue weighted by Gasteiger charge is -2.31. The summed E-state index contributed by atoms with van der Waals surface area (Å²) in [5.41, 5.74) is -2.99. The number of alkyl halides is 3. The van der Waals surface area contributed by atoms with Gasteiger partial charge in [0.1, 0.15) is 6.61 Å². The van der Waals surface area contributed by atoms with Crippen molar-refractivity contribution >= 4 is 10.9 Å². The Morgan fingerprint density at radius 2 is 1.62 bits per heavy atom. The molecule has 0 saturated heterocycles. The molecule has 0 fully saturated rings. The van der Waals surface area contributed by atoms with Crippen molar-refractivity contribution in [2.24, 2.45) is 0 Å². The Morgan fingerprint density at radius 1 is 0.906 bits per heavy atom. The van der Waals surface area contributed by atoms with Gasteiger partial charge in [0.15, 0.2) is 17.4 Å². The van der Waals surface area contributed by atoms with E-state index in [2.05, 4.69) is 5.10 Å². The number of hydrogen-bond donors (Lipinski definition) is 1. The van der Waals surface area contributed by atoms with Gasteiger partial charge >= 0.3 is 6.18 Å². The highest BCUT2D eigenvalue weighted by molar-refractivity contribution is 5.81. The smallest absolute Gasteiger partial charge is 0.424 e. The van der Waals surface area contributed by atoms with E-state index in [-0.39, 0.29) is 0 Å². The lowest BCUT2D eigenvalue weighted by atomic mass is 9.93. The summed E-state index contributed by atoms with van der Waals surface area (Å²) in [6.45, 7) is -1.49. The van der Waals surface area contributed by atoms with Crippen molar-refractivity contribution in [1.29, 1.82) is 0 Å². The van der Waals surface area contributed by atoms with Gasteiger partial charge in [-0.25, -0.2) is 13.5 Å². The van der Waals surface area contributed by atoms with Crippen molar-refractivity contribution in [3.05, 3.63) is 89.9 Å². The molecule has 1 atom stereocenters. The molecule has 0 bridgehead atoms. The number of hydrogen-bond acceptors (Lipinski definition) is 3. The summed E-state index contributed by atoms with van der Waals surface area (Å²) in [6, 6.07) is 13.5. The molecule has 3 aromatic carbocycles. The van der Waals surface area contributed by atoms with Gasteiger partial charge in [0, 0.05) is 5.39 Å². The second-order valence-corrected chi connectivity index (χ2v) is 6.99. The standard InChI is InChI=1S/C22H14F6N2O2/c23-16-7-9-18(20(25)19(16)24)32-12-21(31,22(26,27)28)14-6-8-17-13(10-14)11-29-30(17)15-4-2-1-3-5-15/h1-11,31H,12H2. The molecule has 0 spiro atoms. The van der Waals surface area contributed by atoms with Gasteiger partial charge in [0.2, 0.25) is 11.4 Å². The molecule has 0 saturated carbocycles. The van der Waals surface area contributed by atoms with E-state index in [4.69, 9.17) is 4.74 Å². The Hall–Kier alpha value is -3.53. The summed E-state index contributed by atoms with van der Waals surface area (Å²) in [5.74, 6) is -6.19. The van der Waals surface area contributed by atoms with E-state index in [9.17, 15) is 31.4 Å². The maximum absolute atomic E-state index is 13.8. The molecule has 166 valence electrons. The van der Waals surface area contributed by atoms with Gasteiger partial charge in [-0.2, -0.15) is 22.7 Å². The van der Waals surface area contributed by atoms with Crippen molar-refractivity contribution in [1.82, 2.24) is 9.78 Å². The minimum atomic E-state index is -5.23. The fraction of sp³-hybridized carbons (Fsp3) is 0.136. The molecule has 10 heteroatoms. The quantitative estimate of drug-likeness (QED) is 0.332. The Kier molecular flexibility index (Phi) is 5.33. The molecule has 0 radical (unpaired) electrons. The first-order valence-corrected chi connectivity index (χ1v) is 9.21. The summed E-state index contributed by atoms with van der Waals surface area (Å²) in [7, 11) is 0. The zero-order valence-electron chi connectivity index (χ0n) is 16.1. The molecule has 32 heavy (non-hydrogen) atoms. The summed E-state index contributed by atoms with van der Waals surface area (Å²) in [6.07, 6.45) is -3.90. The van der Waals surface area contributed by atoms with Crippen LogP contribution in [0.3, 0.4) is 0 Å². The SMILES string of the molecule is OC(COc1ccc(F)c(F)c1F)(c1ccc2c(cnn2-c2ccccc2)c1)C(F)(F)F. The number of para-hydroxylation sites is 1. The van der Waals surface area contributed by atoms with Gasteiger partial charge in [-0.3, -0.25) is 0 Å². The minimum absolute atomic E-state index is 0.299. The summed E-state index contributed by atoms with van der Waals surface area (Å²) >= 11 is 0. The number of aromatic nitrogens is 2. The van der Waals surface area contributed by atoms with Crippen LogP contribution in [0, 0.1) is 17.5 Å². The minimum Gasteiger partial charge on any atom is -0.487 e. The first-order chi connectivity index (χ1) is 15.1. The van der Waals surface area contributed by atoms with Crippen molar-refractivity contribution in [2.45, 2.75) is 11.8 Å². The first-order valence-electron chi connectivity index (χ1n) is 9.21. The van der Waals surface area contributed by atoms with Crippen LogP contribution in [0.15, 0.2) is 66.9 Å². The van der Waals surface area contributed by atoms with Crippen LogP contribution in [-0.2, 0) is 5.60 Å². The molecule has 4 aromatic rings. The van der Waals surface area contributed by atoms with Crippen LogP contribution in [-0.4, -0.2) is 27.7 Å². The molecular weight excluding hydrogens is 438 g/mol. The average Bonchev–Trinajstić information content (AvgIpc) is 3.20. The number of fused-ring (bicyclic) bond motifs is 1. The summed E-state index contributed by atoms with van der Waals surface area (Å²) < 4.78 is 87.9. The fourth-order valence-electron chi connectivity index (χ4n) is 3.20. The van der Waals surface area contributed by atoms with Crippen LogP contribution in [0.4, 0.5) is 26.3 Å². The van der Waals surface area contributed by atoms with Crippen LogP contribution in [0.25, 0.3) is 16.6 Å². The number of halogens is 6. The van der Waals surface area contributed by atoms with E-state index in [0.29, 0.717) is 28.7 Å². The Morgan fingerprint density at radius 3 is 2.31 bits per heavy atom. The van der Waals surface area contributed by atoms with E-state index in [1.807, 2.05) is 0 Å². The molecule has 0 aliphatic heterocycles. The number of benzene rings is 3. The molecule has 4 nitrogen and oxygen atoms in total. The van der Waals surface area contributed by atoms with Gasteiger partial charge in [-0.15, -0.1) is 0 Å². The van der Waals surface area contributed by atoms with Crippen LogP contribution >= 0.6 is 0 Å². The molecule has 4 rings (SSSR count). The molecule has 1 aromatic heterocycles. The lowest BCUT2D eigenvalue weighted by molar-refractivity contribution is -0.275.